The largest absolute Gasteiger partial charge is 0.314 e. The third kappa shape index (κ3) is 5.38. The maximum absolute atomic E-state index is 6.49. The van der Waals surface area contributed by atoms with E-state index in [0.717, 1.165) is 17.9 Å². The number of benzene rings is 1. The smallest absolute Gasteiger partial charge is 0.0458 e. The molecule has 1 aromatic rings. The maximum atomic E-state index is 6.49. The van der Waals surface area contributed by atoms with E-state index in [9.17, 15) is 0 Å². The van der Waals surface area contributed by atoms with E-state index < -0.39 is 0 Å². The summed E-state index contributed by atoms with van der Waals surface area (Å²) in [6.45, 7) is 15.8. The van der Waals surface area contributed by atoms with Crippen molar-refractivity contribution < 1.29 is 0 Å². The summed E-state index contributed by atoms with van der Waals surface area (Å²) in [7, 11) is 0. The zero-order chi connectivity index (χ0) is 22.1. The van der Waals surface area contributed by atoms with E-state index in [1.807, 2.05) is 0 Å². The molecule has 160 valence electrons. The van der Waals surface area contributed by atoms with Gasteiger partial charge in [0.05, 0.1) is 0 Å². The average Bonchev–Trinajstić information content (AvgIpc) is 2.87. The Morgan fingerprint density at radius 2 is 1.57 bits per heavy atom. The van der Waals surface area contributed by atoms with Crippen molar-refractivity contribution in [2.45, 2.75) is 66.7 Å². The van der Waals surface area contributed by atoms with Crippen molar-refractivity contribution in [1.29, 1.82) is 0 Å². The van der Waals surface area contributed by atoms with Gasteiger partial charge in [0.25, 0.3) is 0 Å². The van der Waals surface area contributed by atoms with Crippen molar-refractivity contribution in [1.82, 2.24) is 0 Å². The third-order valence-corrected chi connectivity index (χ3v) is 6.02. The number of allylic oxidation sites excluding steroid dienone is 9. The van der Waals surface area contributed by atoms with Crippen molar-refractivity contribution >= 4 is 17.3 Å². The monoisotopic (exact) mass is 421 g/mol. The summed E-state index contributed by atoms with van der Waals surface area (Å²) < 4.78 is 0. The molecule has 0 bridgehead atoms. The minimum Gasteiger partial charge on any atom is -0.314 e. The third-order valence-electron chi connectivity index (χ3n) is 5.78. The molecule has 0 saturated carbocycles. The lowest BCUT2D eigenvalue weighted by atomic mass is 9.86. The van der Waals surface area contributed by atoms with Crippen LogP contribution in [0, 0.1) is 11.3 Å². The lowest BCUT2D eigenvalue weighted by molar-refractivity contribution is 0.515. The lowest BCUT2D eigenvalue weighted by Gasteiger charge is -2.32. The molecule has 2 aliphatic rings. The highest BCUT2D eigenvalue weighted by atomic mass is 35.5. The Hall–Kier alpha value is -1.99. The highest BCUT2D eigenvalue weighted by Gasteiger charge is 2.23. The number of halogens is 1. The second-order valence-corrected chi connectivity index (χ2v) is 11.0. The molecule has 3 rings (SSSR count). The van der Waals surface area contributed by atoms with Gasteiger partial charge in [0, 0.05) is 22.1 Å². The van der Waals surface area contributed by atoms with E-state index in [0.29, 0.717) is 5.92 Å². The summed E-state index contributed by atoms with van der Waals surface area (Å²) in [5, 5.41) is 0.826. The Morgan fingerprint density at radius 1 is 0.900 bits per heavy atom. The molecule has 1 unspecified atom stereocenters. The molecule has 2 heteroatoms. The highest BCUT2D eigenvalue weighted by Crippen LogP contribution is 2.36. The minimum absolute atomic E-state index is 0.140. The van der Waals surface area contributed by atoms with Gasteiger partial charge in [-0.05, 0) is 65.0 Å². The van der Waals surface area contributed by atoms with E-state index >= 15 is 0 Å². The number of hydrogen-bond acceptors (Lipinski definition) is 1. The minimum atomic E-state index is 0.140. The zero-order valence-electron chi connectivity index (χ0n) is 19.6. The standard InChI is InChI=1S/C28H36ClN/c1-20-17-23(29)19-26(18-20)30(25-15-12-22(13-16-25)28(5,6)7)24-10-8-9-21(11-14-24)27(2,3)4/h9-17,19-20H,8,18H2,1-7H3. The first-order valence-corrected chi connectivity index (χ1v) is 11.4. The summed E-state index contributed by atoms with van der Waals surface area (Å²) in [5.41, 5.74) is 6.64. The molecule has 0 radical (unpaired) electrons. The van der Waals surface area contributed by atoms with Gasteiger partial charge in [-0.1, -0.05) is 96.5 Å². The molecule has 1 nitrogen and oxygen atoms in total. The Bertz CT molecular complexity index is 924. The summed E-state index contributed by atoms with van der Waals surface area (Å²) in [4.78, 5) is 2.38. The molecular weight excluding hydrogens is 386 g/mol. The van der Waals surface area contributed by atoms with Gasteiger partial charge in [0.15, 0.2) is 0 Å². The summed E-state index contributed by atoms with van der Waals surface area (Å²) in [5.74, 6) is 0.424. The fourth-order valence-electron chi connectivity index (χ4n) is 4.01. The van der Waals surface area contributed by atoms with Crippen LogP contribution in [0.1, 0.15) is 66.9 Å². The molecule has 1 atom stereocenters. The van der Waals surface area contributed by atoms with E-state index in [-0.39, 0.29) is 10.8 Å². The van der Waals surface area contributed by atoms with Crippen LogP contribution in [0.15, 0.2) is 82.7 Å². The molecule has 1 aromatic carbocycles. The Balaban J connectivity index is 2.04. The second kappa shape index (κ2) is 8.63. The Labute approximate surface area is 188 Å². The quantitative estimate of drug-likeness (QED) is 0.471. The van der Waals surface area contributed by atoms with Gasteiger partial charge in [0.1, 0.15) is 0 Å². The van der Waals surface area contributed by atoms with Crippen molar-refractivity contribution in [2.75, 3.05) is 4.90 Å². The van der Waals surface area contributed by atoms with Gasteiger partial charge < -0.3 is 4.90 Å². The van der Waals surface area contributed by atoms with Crippen LogP contribution in [0.2, 0.25) is 0 Å². The second-order valence-electron chi connectivity index (χ2n) is 10.6. The fraction of sp³-hybridized carbons (Fsp3) is 0.429. The summed E-state index contributed by atoms with van der Waals surface area (Å²) in [6, 6.07) is 9.00. The van der Waals surface area contributed by atoms with Crippen molar-refractivity contribution in [3.05, 3.63) is 88.3 Å². The molecule has 0 heterocycles. The molecular formula is C28H36ClN. The van der Waals surface area contributed by atoms with Crippen LogP contribution >= 0.6 is 11.6 Å². The first kappa shape index (κ1) is 22.7. The first-order valence-electron chi connectivity index (χ1n) is 11.0. The molecule has 0 N–H and O–H groups in total. The van der Waals surface area contributed by atoms with Crippen molar-refractivity contribution in [2.24, 2.45) is 11.3 Å². The fourth-order valence-corrected chi connectivity index (χ4v) is 4.35. The average molecular weight is 422 g/mol. The van der Waals surface area contributed by atoms with E-state index in [2.05, 4.69) is 114 Å². The Kier molecular flexibility index (Phi) is 6.53. The van der Waals surface area contributed by atoms with Crippen LogP contribution < -0.4 is 4.90 Å². The molecule has 30 heavy (non-hydrogen) atoms. The van der Waals surface area contributed by atoms with Gasteiger partial charge in [-0.3, -0.25) is 0 Å². The van der Waals surface area contributed by atoms with Crippen LogP contribution in [0.5, 0.6) is 0 Å². The predicted molar refractivity (Wildman–Crippen MR) is 133 cm³/mol. The molecule has 0 saturated heterocycles. The maximum Gasteiger partial charge on any atom is 0.0458 e. The van der Waals surface area contributed by atoms with Crippen LogP contribution in [0.3, 0.4) is 0 Å². The van der Waals surface area contributed by atoms with E-state index in [1.54, 1.807) is 0 Å². The SMILES string of the molecule is CC1C=C(Cl)C=C(N(C2=CCC=C(C(C)(C)C)C=C2)c2ccc(C(C)(C)C)cc2)C1. The molecule has 0 aliphatic heterocycles. The van der Waals surface area contributed by atoms with Crippen molar-refractivity contribution in [3.63, 3.8) is 0 Å². The van der Waals surface area contributed by atoms with E-state index in [1.165, 1.54) is 28.2 Å². The van der Waals surface area contributed by atoms with Gasteiger partial charge in [-0.25, -0.2) is 0 Å². The number of rotatable bonds is 3. The van der Waals surface area contributed by atoms with Crippen LogP contribution in [0.4, 0.5) is 5.69 Å². The predicted octanol–water partition coefficient (Wildman–Crippen LogP) is 8.65. The topological polar surface area (TPSA) is 3.24 Å². The number of anilines is 1. The Morgan fingerprint density at radius 3 is 2.13 bits per heavy atom. The van der Waals surface area contributed by atoms with Crippen LogP contribution in [-0.4, -0.2) is 0 Å². The van der Waals surface area contributed by atoms with Crippen molar-refractivity contribution in [3.8, 4) is 0 Å². The van der Waals surface area contributed by atoms with Crippen LogP contribution in [0.25, 0.3) is 0 Å². The van der Waals surface area contributed by atoms with Gasteiger partial charge in [-0.2, -0.15) is 0 Å². The lowest BCUT2D eigenvalue weighted by Crippen LogP contribution is -2.24. The van der Waals surface area contributed by atoms with Gasteiger partial charge in [0.2, 0.25) is 0 Å². The summed E-state index contributed by atoms with van der Waals surface area (Å²) >= 11 is 6.49. The molecule has 2 aliphatic carbocycles. The van der Waals surface area contributed by atoms with Gasteiger partial charge >= 0.3 is 0 Å². The zero-order valence-corrected chi connectivity index (χ0v) is 20.3. The first-order chi connectivity index (χ1) is 13.9. The van der Waals surface area contributed by atoms with Gasteiger partial charge in [-0.15, -0.1) is 0 Å². The molecule has 0 amide bonds. The molecule has 0 aromatic heterocycles. The molecule has 0 fully saturated rings. The highest BCUT2D eigenvalue weighted by molar-refractivity contribution is 6.31. The van der Waals surface area contributed by atoms with E-state index in [4.69, 9.17) is 11.6 Å². The van der Waals surface area contributed by atoms with Crippen LogP contribution in [-0.2, 0) is 5.41 Å². The number of hydrogen-bond donors (Lipinski definition) is 0. The summed E-state index contributed by atoms with van der Waals surface area (Å²) in [6.07, 6.45) is 15.4. The number of nitrogens with zero attached hydrogens (tertiary/aromatic N) is 1. The normalized spacial score (nSPS) is 20.1. The molecule has 0 spiro atoms.